The van der Waals surface area contributed by atoms with E-state index in [9.17, 15) is 0 Å². The summed E-state index contributed by atoms with van der Waals surface area (Å²) in [5, 5.41) is 6.39. The van der Waals surface area contributed by atoms with Gasteiger partial charge in [0.25, 0.3) is 5.69 Å². The first-order valence-electron chi connectivity index (χ1n) is 9.94. The largest absolute Gasteiger partial charge is 0.449 e. The summed E-state index contributed by atoms with van der Waals surface area (Å²) in [5.41, 5.74) is 5.16. The van der Waals surface area contributed by atoms with Crippen LogP contribution in [0.2, 0.25) is 19.6 Å². The van der Waals surface area contributed by atoms with Crippen LogP contribution in [0.15, 0.2) is 48.7 Å². The quantitative estimate of drug-likeness (QED) is 0.265. The second-order valence-corrected chi connectivity index (χ2v) is 14.2. The minimum atomic E-state index is -1.41. The van der Waals surface area contributed by atoms with Gasteiger partial charge in [-0.15, -0.1) is 0 Å². The molecule has 2 heterocycles. The lowest BCUT2D eigenvalue weighted by molar-refractivity contribution is -0.659. The molecule has 0 radical (unpaired) electrons. The van der Waals surface area contributed by atoms with Gasteiger partial charge in [-0.3, -0.25) is 0 Å². The number of ether oxygens (including phenoxy) is 1. The molecule has 0 spiro atoms. The third-order valence-corrected chi connectivity index (χ3v) is 8.20. The van der Waals surface area contributed by atoms with Crippen LogP contribution in [0.4, 0.5) is 0 Å². The van der Waals surface area contributed by atoms with Crippen molar-refractivity contribution in [2.75, 3.05) is 0 Å². The summed E-state index contributed by atoms with van der Waals surface area (Å²) in [5.74, 6) is 1.96. The molecule has 5 rings (SSSR count). The van der Waals surface area contributed by atoms with Crippen molar-refractivity contribution < 1.29 is 9.30 Å². The fourth-order valence-corrected chi connectivity index (χ4v) is 5.60. The normalized spacial score (nSPS) is 12.9. The van der Waals surface area contributed by atoms with Crippen LogP contribution in [0.5, 0.6) is 11.5 Å². The van der Waals surface area contributed by atoms with Crippen molar-refractivity contribution in [1.29, 1.82) is 0 Å². The molecule has 1 aromatic heterocycles. The van der Waals surface area contributed by atoms with Crippen molar-refractivity contribution in [1.82, 2.24) is 0 Å². The number of hydrogen-bond donors (Lipinski definition) is 0. The number of fused-ring (bicyclic) bond motifs is 4. The Labute approximate surface area is 167 Å². The maximum Gasteiger partial charge on any atom is 0.257 e. The Morgan fingerprint density at radius 1 is 0.929 bits per heavy atom. The molecule has 4 aromatic rings. The van der Waals surface area contributed by atoms with Gasteiger partial charge in [-0.25, -0.2) is 0 Å². The van der Waals surface area contributed by atoms with Gasteiger partial charge in [0.15, 0.2) is 6.20 Å². The highest BCUT2D eigenvalue weighted by Crippen LogP contribution is 2.49. The topological polar surface area (TPSA) is 13.1 Å². The molecule has 2 nitrogen and oxygen atoms in total. The van der Waals surface area contributed by atoms with Crippen LogP contribution in [0.1, 0.15) is 11.1 Å². The average Bonchev–Trinajstić information content (AvgIpc) is 2.64. The Bertz CT molecular complexity index is 1300. The van der Waals surface area contributed by atoms with E-state index in [4.69, 9.17) is 4.74 Å². The monoisotopic (exact) mass is 384 g/mol. The standard InChI is InChI=1S/C25H26NOSi/c1-15-12-17-8-7-9-21-23(17)22(16(15)2)24-25(27-21)20-13-19(28(4,5)6)11-10-18(20)14-26(24)3/h7-14H,1-6H3/q+1. The fraction of sp³-hybridized carbons (Fsp3) is 0.240. The van der Waals surface area contributed by atoms with E-state index in [0.29, 0.717) is 0 Å². The van der Waals surface area contributed by atoms with Gasteiger partial charge in [0.1, 0.15) is 12.8 Å². The lowest BCUT2D eigenvalue weighted by atomic mass is 9.90. The summed E-state index contributed by atoms with van der Waals surface area (Å²) < 4.78 is 8.84. The van der Waals surface area contributed by atoms with Crippen molar-refractivity contribution in [3.8, 4) is 22.8 Å². The Morgan fingerprint density at radius 2 is 1.71 bits per heavy atom. The molecule has 1 aliphatic rings. The predicted molar refractivity (Wildman–Crippen MR) is 121 cm³/mol. The van der Waals surface area contributed by atoms with Gasteiger partial charge in [0.05, 0.1) is 13.6 Å². The molecule has 0 bridgehead atoms. The Morgan fingerprint density at radius 3 is 2.46 bits per heavy atom. The fourth-order valence-electron chi connectivity index (χ4n) is 4.44. The zero-order valence-corrected chi connectivity index (χ0v) is 18.5. The Balaban J connectivity index is 1.96. The predicted octanol–water partition coefficient (Wildman–Crippen LogP) is 5.75. The molecule has 0 amide bonds. The summed E-state index contributed by atoms with van der Waals surface area (Å²) in [7, 11) is 0.722. The number of nitrogens with zero attached hydrogens (tertiary/aromatic N) is 1. The molecule has 0 fully saturated rings. The molecule has 3 heteroatoms. The third-order valence-electron chi connectivity index (χ3n) is 6.16. The van der Waals surface area contributed by atoms with Crippen LogP contribution in [0.3, 0.4) is 0 Å². The molecule has 0 atom stereocenters. The molecule has 3 aromatic carbocycles. The number of rotatable bonds is 1. The van der Waals surface area contributed by atoms with Gasteiger partial charge in [0.2, 0.25) is 5.75 Å². The summed E-state index contributed by atoms with van der Waals surface area (Å²) >= 11 is 0. The van der Waals surface area contributed by atoms with Crippen LogP contribution < -0.4 is 14.5 Å². The van der Waals surface area contributed by atoms with Gasteiger partial charge >= 0.3 is 0 Å². The zero-order valence-electron chi connectivity index (χ0n) is 17.5. The molecule has 1 aliphatic heterocycles. The van der Waals surface area contributed by atoms with Crippen molar-refractivity contribution >= 4 is 34.8 Å². The van der Waals surface area contributed by atoms with Gasteiger partial charge in [-0.1, -0.05) is 55.2 Å². The summed E-state index contributed by atoms with van der Waals surface area (Å²) in [6, 6.07) is 15.6. The van der Waals surface area contributed by atoms with Crippen molar-refractivity contribution in [3.05, 3.63) is 59.8 Å². The minimum Gasteiger partial charge on any atom is -0.449 e. The number of aryl methyl sites for hydroxylation is 2. The molecule has 0 saturated heterocycles. The second-order valence-electron chi connectivity index (χ2n) is 9.12. The van der Waals surface area contributed by atoms with Gasteiger partial charge < -0.3 is 4.74 Å². The highest BCUT2D eigenvalue weighted by molar-refractivity contribution is 6.88. The Hall–Kier alpha value is -2.65. The molecule has 0 N–H and O–H groups in total. The third kappa shape index (κ3) is 2.36. The van der Waals surface area contributed by atoms with E-state index in [-0.39, 0.29) is 0 Å². The number of benzene rings is 3. The molecule has 0 aliphatic carbocycles. The van der Waals surface area contributed by atoms with E-state index in [1.54, 1.807) is 0 Å². The number of pyridine rings is 1. The summed E-state index contributed by atoms with van der Waals surface area (Å²) in [6.07, 6.45) is 2.24. The van der Waals surface area contributed by atoms with E-state index in [1.807, 2.05) is 0 Å². The first kappa shape index (κ1) is 17.4. The van der Waals surface area contributed by atoms with Crippen molar-refractivity contribution in [2.45, 2.75) is 33.5 Å². The van der Waals surface area contributed by atoms with Crippen molar-refractivity contribution in [2.24, 2.45) is 7.05 Å². The van der Waals surface area contributed by atoms with E-state index < -0.39 is 8.07 Å². The maximum absolute atomic E-state index is 6.60. The van der Waals surface area contributed by atoms with Gasteiger partial charge in [-0.2, -0.15) is 4.57 Å². The average molecular weight is 385 g/mol. The first-order chi connectivity index (χ1) is 13.3. The smallest absolute Gasteiger partial charge is 0.257 e. The SMILES string of the molecule is Cc1cc2cccc3c2c(c1C)-c1c(c2cc([Si](C)(C)C)ccc2c[n+]1C)O3. The molecular weight excluding hydrogens is 358 g/mol. The lowest BCUT2D eigenvalue weighted by Crippen LogP contribution is -2.37. The van der Waals surface area contributed by atoms with E-state index in [1.165, 1.54) is 49.1 Å². The zero-order chi connectivity index (χ0) is 19.8. The molecule has 0 saturated carbocycles. The molecular formula is C25H26NOSi+. The van der Waals surface area contributed by atoms with E-state index in [2.05, 4.69) is 93.8 Å². The van der Waals surface area contributed by atoms with Crippen LogP contribution in [-0.4, -0.2) is 8.07 Å². The minimum absolute atomic E-state index is 0.967. The molecule has 140 valence electrons. The summed E-state index contributed by atoms with van der Waals surface area (Å²) in [6.45, 7) is 11.6. The molecule has 0 unspecified atom stereocenters. The maximum atomic E-state index is 6.60. The number of aromatic nitrogens is 1. The van der Waals surface area contributed by atoms with Gasteiger partial charge in [-0.05, 0) is 42.5 Å². The number of hydrogen-bond acceptors (Lipinski definition) is 1. The summed E-state index contributed by atoms with van der Waals surface area (Å²) in [4.78, 5) is 0. The van der Waals surface area contributed by atoms with Crippen LogP contribution >= 0.6 is 0 Å². The first-order valence-corrected chi connectivity index (χ1v) is 13.4. The lowest BCUT2D eigenvalue weighted by Gasteiger charge is -2.24. The van der Waals surface area contributed by atoms with Crippen molar-refractivity contribution in [3.63, 3.8) is 0 Å². The van der Waals surface area contributed by atoms with Crippen LogP contribution in [0.25, 0.3) is 32.8 Å². The second kappa shape index (κ2) is 5.68. The van der Waals surface area contributed by atoms with Gasteiger partial charge in [0, 0.05) is 16.2 Å². The molecule has 28 heavy (non-hydrogen) atoms. The van der Waals surface area contributed by atoms with E-state index >= 15 is 0 Å². The highest BCUT2D eigenvalue weighted by atomic mass is 28.3. The van der Waals surface area contributed by atoms with Crippen LogP contribution in [-0.2, 0) is 7.05 Å². The Kier molecular flexibility index (Phi) is 3.54. The van der Waals surface area contributed by atoms with Crippen LogP contribution in [0, 0.1) is 13.8 Å². The van der Waals surface area contributed by atoms with E-state index in [0.717, 1.165) is 11.5 Å². The highest BCUT2D eigenvalue weighted by Gasteiger charge is 2.32.